The van der Waals surface area contributed by atoms with Crippen LogP contribution in [0.3, 0.4) is 0 Å². The Hall–Kier alpha value is -5.64. The maximum absolute atomic E-state index is 13.6. The van der Waals surface area contributed by atoms with E-state index >= 15 is 0 Å². The van der Waals surface area contributed by atoms with Crippen molar-refractivity contribution in [1.29, 1.82) is 0 Å². The zero-order valence-electron chi connectivity index (χ0n) is 21.0. The van der Waals surface area contributed by atoms with Crippen LogP contribution >= 0.6 is 0 Å². The molecule has 0 radical (unpaired) electrons. The summed E-state index contributed by atoms with van der Waals surface area (Å²) >= 11 is 0. The number of hydrogen-bond acceptors (Lipinski definition) is 8. The van der Waals surface area contributed by atoms with Gasteiger partial charge in [-0.2, -0.15) is 0 Å². The Morgan fingerprint density at radius 3 is 2.17 bits per heavy atom. The predicted molar refractivity (Wildman–Crippen MR) is 143 cm³/mol. The lowest BCUT2D eigenvalue weighted by Crippen LogP contribution is -2.31. The van der Waals surface area contributed by atoms with Crippen molar-refractivity contribution >= 4 is 34.9 Å². The van der Waals surface area contributed by atoms with Crippen LogP contribution < -0.4 is 9.64 Å². The summed E-state index contributed by atoms with van der Waals surface area (Å²) in [5.74, 6) is -2.70. The molecule has 198 valence electrons. The third-order valence-electron chi connectivity index (χ3n) is 6.39. The van der Waals surface area contributed by atoms with Gasteiger partial charge in [0.25, 0.3) is 17.5 Å². The van der Waals surface area contributed by atoms with Crippen molar-refractivity contribution in [1.82, 2.24) is 0 Å². The number of amides is 2. The Kier molecular flexibility index (Phi) is 6.90. The number of rotatable bonds is 8. The molecule has 10 nitrogen and oxygen atoms in total. The van der Waals surface area contributed by atoms with Crippen molar-refractivity contribution in [2.75, 3.05) is 12.0 Å². The zero-order valence-corrected chi connectivity index (χ0v) is 21.0. The second kappa shape index (κ2) is 10.6. The van der Waals surface area contributed by atoms with E-state index < -0.39 is 40.3 Å². The van der Waals surface area contributed by atoms with Gasteiger partial charge in [0, 0.05) is 17.2 Å². The molecule has 0 aliphatic carbocycles. The van der Waals surface area contributed by atoms with Crippen molar-refractivity contribution in [3.8, 4) is 5.75 Å². The molecule has 1 aliphatic heterocycles. The van der Waals surface area contributed by atoms with Gasteiger partial charge in [-0.1, -0.05) is 48.5 Å². The van der Waals surface area contributed by atoms with Crippen molar-refractivity contribution in [2.45, 2.75) is 6.10 Å². The summed E-state index contributed by atoms with van der Waals surface area (Å²) in [7, 11) is 1.50. The molecular weight excluding hydrogens is 516 g/mol. The van der Waals surface area contributed by atoms with E-state index in [4.69, 9.17) is 9.47 Å². The molecule has 0 spiro atoms. The molecule has 1 atom stereocenters. The first-order valence-electron chi connectivity index (χ1n) is 12.0. The van der Waals surface area contributed by atoms with Gasteiger partial charge in [0.15, 0.2) is 6.10 Å². The molecule has 4 aromatic rings. The number of imide groups is 1. The number of Topliss-reactive ketones (excluding diaryl/α,β-unsaturated/α-hetero) is 1. The molecule has 1 heterocycles. The highest BCUT2D eigenvalue weighted by Crippen LogP contribution is 2.36. The van der Waals surface area contributed by atoms with Crippen molar-refractivity contribution in [3.63, 3.8) is 0 Å². The van der Waals surface area contributed by atoms with E-state index in [9.17, 15) is 29.3 Å². The second-order valence-electron chi connectivity index (χ2n) is 8.71. The van der Waals surface area contributed by atoms with Gasteiger partial charge in [-0.25, -0.2) is 9.69 Å². The predicted octanol–water partition coefficient (Wildman–Crippen LogP) is 5.19. The minimum atomic E-state index is -1.35. The van der Waals surface area contributed by atoms with E-state index in [0.29, 0.717) is 16.2 Å². The maximum atomic E-state index is 13.6. The average molecular weight is 536 g/mol. The van der Waals surface area contributed by atoms with E-state index in [1.54, 1.807) is 54.6 Å². The van der Waals surface area contributed by atoms with Gasteiger partial charge in [0.05, 0.1) is 28.8 Å². The van der Waals surface area contributed by atoms with Crippen LogP contribution in [-0.2, 0) is 4.74 Å². The fourth-order valence-electron chi connectivity index (χ4n) is 4.46. The van der Waals surface area contributed by atoms with Gasteiger partial charge in [0.2, 0.25) is 5.78 Å². The normalized spacial score (nSPS) is 13.0. The van der Waals surface area contributed by atoms with Crippen LogP contribution in [0.2, 0.25) is 0 Å². The summed E-state index contributed by atoms with van der Waals surface area (Å²) < 4.78 is 10.9. The summed E-state index contributed by atoms with van der Waals surface area (Å²) in [5, 5.41) is 11.5. The minimum Gasteiger partial charge on any atom is -0.497 e. The number of carbonyl (C=O) groups is 4. The summed E-state index contributed by atoms with van der Waals surface area (Å²) in [6.07, 6.45) is -1.35. The molecule has 10 heteroatoms. The highest BCUT2D eigenvalue weighted by molar-refractivity contribution is 6.36. The zero-order chi connectivity index (χ0) is 28.4. The minimum absolute atomic E-state index is 0.128. The Morgan fingerprint density at radius 2 is 1.50 bits per heavy atom. The summed E-state index contributed by atoms with van der Waals surface area (Å²) in [6.45, 7) is 0. The Balaban J connectivity index is 1.51. The van der Waals surface area contributed by atoms with Gasteiger partial charge in [-0.15, -0.1) is 0 Å². The molecule has 4 aromatic carbocycles. The van der Waals surface area contributed by atoms with Crippen molar-refractivity contribution in [2.24, 2.45) is 0 Å². The molecule has 0 fully saturated rings. The van der Waals surface area contributed by atoms with Crippen LogP contribution in [-0.4, -0.2) is 35.6 Å². The summed E-state index contributed by atoms with van der Waals surface area (Å²) in [4.78, 5) is 65.0. The fourth-order valence-corrected chi connectivity index (χ4v) is 4.46. The van der Waals surface area contributed by atoms with Crippen LogP contribution in [0.4, 0.5) is 11.4 Å². The lowest BCUT2D eigenvalue weighted by molar-refractivity contribution is -0.385. The van der Waals surface area contributed by atoms with E-state index in [-0.39, 0.29) is 27.9 Å². The maximum Gasteiger partial charge on any atom is 0.341 e. The first-order valence-corrected chi connectivity index (χ1v) is 12.0. The largest absolute Gasteiger partial charge is 0.497 e. The Morgan fingerprint density at radius 1 is 0.825 bits per heavy atom. The summed E-state index contributed by atoms with van der Waals surface area (Å²) in [5.41, 5.74) is -0.668. The molecule has 0 saturated heterocycles. The number of esters is 1. The number of para-hydroxylation sites is 1. The van der Waals surface area contributed by atoms with Gasteiger partial charge in [-0.05, 0) is 42.5 Å². The molecule has 5 rings (SSSR count). The van der Waals surface area contributed by atoms with E-state index in [1.165, 1.54) is 43.5 Å². The number of hydrogen-bond donors (Lipinski definition) is 0. The van der Waals surface area contributed by atoms with Crippen LogP contribution in [0.15, 0.2) is 97.1 Å². The van der Waals surface area contributed by atoms with E-state index in [2.05, 4.69) is 0 Å². The van der Waals surface area contributed by atoms with Crippen molar-refractivity contribution in [3.05, 3.63) is 135 Å². The van der Waals surface area contributed by atoms with Crippen LogP contribution in [0.1, 0.15) is 53.1 Å². The number of ether oxygens (including phenoxy) is 2. The van der Waals surface area contributed by atoms with Gasteiger partial charge < -0.3 is 9.47 Å². The number of carbonyl (C=O) groups excluding carboxylic acids is 4. The topological polar surface area (TPSA) is 133 Å². The fraction of sp³-hybridized carbons (Fsp3) is 0.0667. The molecule has 0 unspecified atom stereocenters. The van der Waals surface area contributed by atoms with Gasteiger partial charge >= 0.3 is 5.97 Å². The van der Waals surface area contributed by atoms with E-state index in [1.807, 2.05) is 0 Å². The lowest BCUT2D eigenvalue weighted by atomic mass is 9.99. The molecule has 0 N–H and O–H groups in total. The number of nitro benzene ring substituents is 1. The second-order valence-corrected chi connectivity index (χ2v) is 8.71. The highest BCUT2D eigenvalue weighted by Gasteiger charge is 2.43. The first-order chi connectivity index (χ1) is 19.3. The standard InChI is InChI=1S/C30H20N2O8/c1-39-20-16-14-18(15-17-20)26(33)27(19-8-3-2-4-9-19)40-30(36)21-10-5-6-12-23(21)31-28(34)22-11-7-13-24(32(37)38)25(22)29(31)35/h2-17,27H,1H3/t27-/m0/s1. The third kappa shape index (κ3) is 4.58. The van der Waals surface area contributed by atoms with Crippen LogP contribution in [0.25, 0.3) is 0 Å². The number of ketones is 1. The number of nitro groups is 1. The molecule has 0 aromatic heterocycles. The van der Waals surface area contributed by atoms with Crippen molar-refractivity contribution < 1.29 is 33.6 Å². The molecule has 2 amide bonds. The molecular formula is C30H20N2O8. The smallest absolute Gasteiger partial charge is 0.341 e. The molecule has 0 saturated carbocycles. The molecule has 40 heavy (non-hydrogen) atoms. The van der Waals surface area contributed by atoms with Crippen LogP contribution in [0.5, 0.6) is 5.75 Å². The Bertz CT molecular complexity index is 1670. The quantitative estimate of drug-likeness (QED) is 0.0988. The third-order valence-corrected chi connectivity index (χ3v) is 6.39. The number of anilines is 1. The summed E-state index contributed by atoms with van der Waals surface area (Å²) in [6, 6.07) is 24.1. The number of nitrogens with zero attached hydrogens (tertiary/aromatic N) is 2. The average Bonchev–Trinajstić information content (AvgIpc) is 3.25. The van der Waals surface area contributed by atoms with Gasteiger partial charge in [0.1, 0.15) is 11.3 Å². The van der Waals surface area contributed by atoms with Crippen LogP contribution in [0, 0.1) is 10.1 Å². The SMILES string of the molecule is COc1ccc(C(=O)[C@@H](OC(=O)c2ccccc2N2C(=O)c3cccc([N+](=O)[O-])c3C2=O)c2ccccc2)cc1. The monoisotopic (exact) mass is 536 g/mol. The molecule has 1 aliphatic rings. The number of benzene rings is 4. The highest BCUT2D eigenvalue weighted by atomic mass is 16.6. The lowest BCUT2D eigenvalue weighted by Gasteiger charge is -2.21. The Labute approximate surface area is 227 Å². The molecule has 0 bridgehead atoms. The first kappa shape index (κ1) is 26.0. The van der Waals surface area contributed by atoms with E-state index in [0.717, 1.165) is 6.07 Å². The number of methoxy groups -OCH3 is 1. The number of fused-ring (bicyclic) bond motifs is 1. The van der Waals surface area contributed by atoms with Gasteiger partial charge in [-0.3, -0.25) is 24.5 Å².